The number of ether oxygens (including phenoxy) is 4. The molecular formula is C30H37F3N4O5Si. The first-order chi connectivity index (χ1) is 20.3. The molecule has 0 bridgehead atoms. The van der Waals surface area contributed by atoms with E-state index in [2.05, 4.69) is 29.9 Å². The summed E-state index contributed by atoms with van der Waals surface area (Å²) in [5.41, 5.74) is -1.27. The first-order valence-corrected chi connectivity index (χ1v) is 17.8. The third-order valence-electron chi connectivity index (χ3n) is 7.36. The van der Waals surface area contributed by atoms with Crippen LogP contribution in [0.25, 0.3) is 11.0 Å². The smallest absolute Gasteiger partial charge is 0.429 e. The number of carbonyl (C=O) groups is 1. The lowest BCUT2D eigenvalue weighted by molar-refractivity contribution is -0.271. The van der Waals surface area contributed by atoms with Crippen LogP contribution in [0.1, 0.15) is 35.0 Å². The number of methoxy groups -OCH3 is 1. The molecule has 1 unspecified atom stereocenters. The lowest BCUT2D eigenvalue weighted by Crippen LogP contribution is -2.50. The second-order valence-corrected chi connectivity index (χ2v) is 17.2. The quantitative estimate of drug-likeness (QED) is 0.152. The molecule has 0 fully saturated rings. The maximum absolute atomic E-state index is 16.0. The molecule has 0 aliphatic carbocycles. The Labute approximate surface area is 249 Å². The number of hydrogen-bond acceptors (Lipinski definition) is 8. The summed E-state index contributed by atoms with van der Waals surface area (Å²) >= 11 is 0. The van der Waals surface area contributed by atoms with Crippen molar-refractivity contribution in [3.63, 3.8) is 0 Å². The highest BCUT2D eigenvalue weighted by Gasteiger charge is 2.64. The predicted molar refractivity (Wildman–Crippen MR) is 158 cm³/mol. The van der Waals surface area contributed by atoms with Crippen LogP contribution >= 0.6 is 0 Å². The van der Waals surface area contributed by atoms with Gasteiger partial charge in [-0.1, -0.05) is 19.6 Å². The molecule has 1 aliphatic rings. The van der Waals surface area contributed by atoms with Crippen molar-refractivity contribution in [2.24, 2.45) is 0 Å². The molecule has 1 aromatic heterocycles. The number of hydrogen-bond donors (Lipinski definition) is 1. The molecule has 2 aromatic carbocycles. The van der Waals surface area contributed by atoms with E-state index in [1.807, 2.05) is 6.07 Å². The zero-order valence-electron chi connectivity index (χ0n) is 25.3. The van der Waals surface area contributed by atoms with Gasteiger partial charge < -0.3 is 28.8 Å². The highest BCUT2D eigenvalue weighted by atomic mass is 28.3. The number of carbonyl (C=O) groups excluding carboxylic acids is 1. The Hall–Kier alpha value is -3.60. The van der Waals surface area contributed by atoms with E-state index < -0.39 is 38.3 Å². The number of esters is 1. The Morgan fingerprint density at radius 3 is 2.60 bits per heavy atom. The van der Waals surface area contributed by atoms with E-state index in [0.29, 0.717) is 35.5 Å². The van der Waals surface area contributed by atoms with Crippen LogP contribution in [0.2, 0.25) is 25.7 Å². The van der Waals surface area contributed by atoms with E-state index in [9.17, 15) is 10.1 Å². The number of imidazole rings is 1. The van der Waals surface area contributed by atoms with Crippen LogP contribution in [0.5, 0.6) is 5.75 Å². The fourth-order valence-electron chi connectivity index (χ4n) is 5.31. The highest BCUT2D eigenvalue weighted by Crippen LogP contribution is 2.54. The fourth-order valence-corrected chi connectivity index (χ4v) is 6.07. The predicted octanol–water partition coefficient (Wildman–Crippen LogP) is 5.89. The van der Waals surface area contributed by atoms with E-state index in [1.165, 1.54) is 35.9 Å². The first kappa shape index (κ1) is 32.3. The molecule has 13 heteroatoms. The number of alkyl halides is 3. The standard InChI is InChI=1S/C30H37F3N4O5Si/c1-7-41-25(38)17-42-29(30(31,32)33,26-21-10-11-35-27(21)19(2)14-24(26)39-3)28-36-22-15-20(16-34)8-9-23(22)37(28)18-40-12-13-43(4,5)6/h8-9,14-15,35H,7,10-13,17-18H2,1-6H3. The van der Waals surface area contributed by atoms with Gasteiger partial charge in [0.05, 0.1) is 36.4 Å². The van der Waals surface area contributed by atoms with Crippen molar-refractivity contribution >= 4 is 30.8 Å². The van der Waals surface area contributed by atoms with Gasteiger partial charge in [0, 0.05) is 32.5 Å². The summed E-state index contributed by atoms with van der Waals surface area (Å²) in [5.74, 6) is -1.56. The van der Waals surface area contributed by atoms with Gasteiger partial charge in [0.1, 0.15) is 19.1 Å². The van der Waals surface area contributed by atoms with Crippen LogP contribution in [0.3, 0.4) is 0 Å². The van der Waals surface area contributed by atoms with Gasteiger partial charge in [0.25, 0.3) is 5.60 Å². The molecule has 1 atom stereocenters. The Morgan fingerprint density at radius 2 is 1.98 bits per heavy atom. The molecule has 1 N–H and O–H groups in total. The fraction of sp³-hybridized carbons (Fsp3) is 0.500. The molecule has 1 aliphatic heterocycles. The summed E-state index contributed by atoms with van der Waals surface area (Å²) in [5, 5.41) is 12.7. The summed E-state index contributed by atoms with van der Waals surface area (Å²) in [4.78, 5) is 17.0. The first-order valence-electron chi connectivity index (χ1n) is 14.1. The zero-order valence-corrected chi connectivity index (χ0v) is 26.3. The summed E-state index contributed by atoms with van der Waals surface area (Å²) in [6.07, 6.45) is -4.89. The highest BCUT2D eigenvalue weighted by molar-refractivity contribution is 6.76. The van der Waals surface area contributed by atoms with Crippen LogP contribution < -0.4 is 10.1 Å². The second-order valence-electron chi connectivity index (χ2n) is 11.6. The van der Waals surface area contributed by atoms with Crippen molar-refractivity contribution in [1.82, 2.24) is 9.55 Å². The van der Waals surface area contributed by atoms with Crippen molar-refractivity contribution in [3.05, 3.63) is 52.3 Å². The molecular weight excluding hydrogens is 581 g/mol. The lowest BCUT2D eigenvalue weighted by atomic mass is 9.84. The number of halogens is 3. The van der Waals surface area contributed by atoms with Crippen molar-refractivity contribution in [2.45, 2.75) is 64.5 Å². The second kappa shape index (κ2) is 12.6. The van der Waals surface area contributed by atoms with Gasteiger partial charge in [-0.05, 0) is 61.7 Å². The number of aryl methyl sites for hydroxylation is 1. The molecule has 9 nitrogen and oxygen atoms in total. The SMILES string of the molecule is CCOC(=O)COC(c1c(OC)cc(C)c2c1CCN2)(c1nc2cc(C#N)ccc2n1COCC[Si](C)(C)C)C(F)(F)F. The van der Waals surface area contributed by atoms with Crippen molar-refractivity contribution < 1.29 is 36.9 Å². The van der Waals surface area contributed by atoms with E-state index in [-0.39, 0.29) is 42.2 Å². The van der Waals surface area contributed by atoms with E-state index in [1.54, 1.807) is 13.8 Å². The molecule has 0 saturated heterocycles. The number of anilines is 1. The van der Waals surface area contributed by atoms with Crippen LogP contribution in [0, 0.1) is 18.3 Å². The Kier molecular flexibility index (Phi) is 9.44. The summed E-state index contributed by atoms with van der Waals surface area (Å²) in [6.45, 7) is 9.30. The number of nitrogens with one attached hydrogen (secondary N) is 1. The van der Waals surface area contributed by atoms with Gasteiger partial charge >= 0.3 is 12.1 Å². The summed E-state index contributed by atoms with van der Waals surface area (Å²) < 4.78 is 71.5. The van der Waals surface area contributed by atoms with E-state index in [4.69, 9.17) is 18.9 Å². The topological polar surface area (TPSA) is 108 Å². The maximum atomic E-state index is 16.0. The lowest BCUT2D eigenvalue weighted by Gasteiger charge is -2.37. The zero-order chi connectivity index (χ0) is 31.6. The maximum Gasteiger partial charge on any atom is 0.429 e. The van der Waals surface area contributed by atoms with Crippen LogP contribution in [0.15, 0.2) is 24.3 Å². The number of fused-ring (bicyclic) bond motifs is 2. The van der Waals surface area contributed by atoms with E-state index >= 15 is 13.2 Å². The number of benzene rings is 2. The average molecular weight is 619 g/mol. The summed E-state index contributed by atoms with van der Waals surface area (Å²) in [6, 6.07) is 8.79. The summed E-state index contributed by atoms with van der Waals surface area (Å²) in [7, 11) is -0.214. The van der Waals surface area contributed by atoms with Crippen LogP contribution in [-0.2, 0) is 37.8 Å². The Morgan fingerprint density at radius 1 is 1.23 bits per heavy atom. The van der Waals surface area contributed by atoms with Gasteiger partial charge in [-0.3, -0.25) is 0 Å². The van der Waals surface area contributed by atoms with Crippen molar-refractivity contribution in [2.75, 3.05) is 38.8 Å². The minimum Gasteiger partial charge on any atom is -0.496 e. The van der Waals surface area contributed by atoms with Crippen molar-refractivity contribution in [3.8, 4) is 11.8 Å². The van der Waals surface area contributed by atoms with Crippen LogP contribution in [-0.4, -0.2) is 63.2 Å². The number of rotatable bonds is 12. The number of aromatic nitrogens is 2. The van der Waals surface area contributed by atoms with Gasteiger partial charge in [-0.15, -0.1) is 0 Å². The minimum atomic E-state index is -5.14. The monoisotopic (exact) mass is 618 g/mol. The van der Waals surface area contributed by atoms with Gasteiger partial charge in [0.15, 0.2) is 5.82 Å². The van der Waals surface area contributed by atoms with E-state index in [0.717, 1.165) is 6.04 Å². The molecule has 0 spiro atoms. The molecule has 43 heavy (non-hydrogen) atoms. The largest absolute Gasteiger partial charge is 0.496 e. The van der Waals surface area contributed by atoms with Gasteiger partial charge in [-0.2, -0.15) is 18.4 Å². The average Bonchev–Trinajstić information content (AvgIpc) is 3.56. The number of nitriles is 1. The molecule has 0 radical (unpaired) electrons. The molecule has 0 saturated carbocycles. The minimum absolute atomic E-state index is 0.0330. The molecule has 2 heterocycles. The molecule has 0 amide bonds. The van der Waals surface area contributed by atoms with Crippen LogP contribution in [0.4, 0.5) is 18.9 Å². The molecule has 3 aromatic rings. The van der Waals surface area contributed by atoms with Gasteiger partial charge in [-0.25, -0.2) is 9.78 Å². The third kappa shape index (κ3) is 6.36. The van der Waals surface area contributed by atoms with Gasteiger partial charge in [0.2, 0.25) is 0 Å². The number of nitrogens with zero attached hydrogens (tertiary/aromatic N) is 3. The normalized spacial score (nSPS) is 14.6. The van der Waals surface area contributed by atoms with Crippen molar-refractivity contribution in [1.29, 1.82) is 5.26 Å². The molecule has 4 rings (SSSR count). The Bertz CT molecular complexity index is 1540. The Balaban J connectivity index is 2.06. The molecule has 232 valence electrons. The third-order valence-corrected chi connectivity index (χ3v) is 9.06.